The van der Waals surface area contributed by atoms with Crippen molar-refractivity contribution in [2.24, 2.45) is 0 Å². The van der Waals surface area contributed by atoms with Crippen molar-refractivity contribution in [1.82, 2.24) is 14.7 Å². The van der Waals surface area contributed by atoms with Crippen LogP contribution in [0.1, 0.15) is 25.1 Å². The maximum Gasteiger partial charge on any atom is 0.132 e. The number of imidazole rings is 1. The lowest BCUT2D eigenvalue weighted by atomic mass is 9.68. The van der Waals surface area contributed by atoms with E-state index in [9.17, 15) is 0 Å². The molecule has 4 heteroatoms. The molecule has 0 aliphatic heterocycles. The summed E-state index contributed by atoms with van der Waals surface area (Å²) in [5.41, 5.74) is 1.38. The SMILES string of the molecule is CNCC1(c2nc(Br)c3ccccn23)CCC1. The van der Waals surface area contributed by atoms with Crippen LogP contribution in [0.3, 0.4) is 0 Å². The summed E-state index contributed by atoms with van der Waals surface area (Å²) in [6, 6.07) is 6.22. The van der Waals surface area contributed by atoms with Gasteiger partial charge in [0.15, 0.2) is 0 Å². The summed E-state index contributed by atoms with van der Waals surface area (Å²) in [7, 11) is 2.02. The Kier molecular flexibility index (Phi) is 2.71. The minimum absolute atomic E-state index is 0.227. The Morgan fingerprint density at radius 3 is 2.94 bits per heavy atom. The molecule has 0 atom stereocenters. The predicted octanol–water partition coefficient (Wildman–Crippen LogP) is 2.74. The summed E-state index contributed by atoms with van der Waals surface area (Å²) >= 11 is 3.56. The summed E-state index contributed by atoms with van der Waals surface area (Å²) in [5.74, 6) is 1.19. The van der Waals surface area contributed by atoms with Gasteiger partial charge in [-0.3, -0.25) is 0 Å². The Bertz CT molecular complexity index is 543. The third-order valence-electron chi connectivity index (χ3n) is 3.80. The van der Waals surface area contributed by atoms with Gasteiger partial charge >= 0.3 is 0 Å². The molecule has 3 nitrogen and oxygen atoms in total. The van der Waals surface area contributed by atoms with Gasteiger partial charge < -0.3 is 9.72 Å². The first-order chi connectivity index (χ1) is 8.27. The monoisotopic (exact) mass is 293 g/mol. The van der Waals surface area contributed by atoms with Crippen molar-refractivity contribution in [1.29, 1.82) is 0 Å². The molecule has 0 amide bonds. The molecule has 2 aromatic rings. The number of fused-ring (bicyclic) bond motifs is 1. The maximum absolute atomic E-state index is 4.74. The highest BCUT2D eigenvalue weighted by molar-refractivity contribution is 9.10. The number of nitrogens with zero attached hydrogens (tertiary/aromatic N) is 2. The Balaban J connectivity index is 2.16. The van der Waals surface area contributed by atoms with E-state index in [1.807, 2.05) is 7.05 Å². The highest BCUT2D eigenvalue weighted by Gasteiger charge is 2.41. The summed E-state index contributed by atoms with van der Waals surface area (Å²) in [5, 5.41) is 3.31. The van der Waals surface area contributed by atoms with Gasteiger partial charge in [-0.2, -0.15) is 0 Å². The first-order valence-electron chi connectivity index (χ1n) is 6.04. The molecule has 1 aliphatic rings. The molecule has 0 aromatic carbocycles. The largest absolute Gasteiger partial charge is 0.319 e. The first-order valence-corrected chi connectivity index (χ1v) is 6.84. The van der Waals surface area contributed by atoms with Crippen molar-refractivity contribution in [3.05, 3.63) is 34.8 Å². The molecular formula is C13H16BrN3. The van der Waals surface area contributed by atoms with Gasteiger partial charge in [0.2, 0.25) is 0 Å². The van der Waals surface area contributed by atoms with Crippen LogP contribution in [0.15, 0.2) is 29.0 Å². The first kappa shape index (κ1) is 11.2. The van der Waals surface area contributed by atoms with Crippen LogP contribution in [-0.4, -0.2) is 23.0 Å². The molecule has 3 rings (SSSR count). The summed E-state index contributed by atoms with van der Waals surface area (Å²) in [6.45, 7) is 1.01. The Labute approximate surface area is 109 Å². The second-order valence-corrected chi connectivity index (χ2v) is 5.60. The van der Waals surface area contributed by atoms with Crippen LogP contribution in [0.4, 0.5) is 0 Å². The van der Waals surface area contributed by atoms with E-state index in [1.165, 1.54) is 25.1 Å². The van der Waals surface area contributed by atoms with Crippen LogP contribution < -0.4 is 5.32 Å². The van der Waals surface area contributed by atoms with Gasteiger partial charge in [-0.05, 0) is 48.0 Å². The van der Waals surface area contributed by atoms with E-state index in [4.69, 9.17) is 4.98 Å². The van der Waals surface area contributed by atoms with Crippen molar-refractivity contribution < 1.29 is 0 Å². The fraction of sp³-hybridized carbons (Fsp3) is 0.462. The number of likely N-dealkylation sites (N-methyl/N-ethyl adjacent to an activating group) is 1. The molecule has 1 N–H and O–H groups in total. The average molecular weight is 294 g/mol. The molecule has 90 valence electrons. The summed E-state index contributed by atoms with van der Waals surface area (Å²) < 4.78 is 3.18. The van der Waals surface area contributed by atoms with E-state index < -0.39 is 0 Å². The average Bonchev–Trinajstić information content (AvgIpc) is 2.63. The van der Waals surface area contributed by atoms with Crippen molar-refractivity contribution in [2.75, 3.05) is 13.6 Å². The van der Waals surface area contributed by atoms with E-state index in [1.54, 1.807) is 0 Å². The highest BCUT2D eigenvalue weighted by atomic mass is 79.9. The van der Waals surface area contributed by atoms with E-state index >= 15 is 0 Å². The zero-order chi connectivity index (χ0) is 11.9. The van der Waals surface area contributed by atoms with Gasteiger partial charge in [0, 0.05) is 18.2 Å². The van der Waals surface area contributed by atoms with Gasteiger partial charge in [-0.1, -0.05) is 12.5 Å². The Morgan fingerprint density at radius 1 is 1.47 bits per heavy atom. The fourth-order valence-electron chi connectivity index (χ4n) is 2.80. The smallest absolute Gasteiger partial charge is 0.132 e. The number of pyridine rings is 1. The van der Waals surface area contributed by atoms with Crippen LogP contribution in [0, 0.1) is 0 Å². The van der Waals surface area contributed by atoms with Gasteiger partial charge in [0.05, 0.1) is 5.52 Å². The molecule has 0 saturated heterocycles. The predicted molar refractivity (Wildman–Crippen MR) is 72.3 cm³/mol. The molecule has 1 aliphatic carbocycles. The molecule has 1 fully saturated rings. The molecule has 0 spiro atoms. The van der Waals surface area contributed by atoms with Gasteiger partial charge in [-0.25, -0.2) is 4.98 Å². The van der Waals surface area contributed by atoms with Crippen molar-refractivity contribution >= 4 is 21.4 Å². The number of nitrogens with one attached hydrogen (secondary N) is 1. The quantitative estimate of drug-likeness (QED) is 0.943. The fourth-order valence-corrected chi connectivity index (χ4v) is 3.29. The van der Waals surface area contributed by atoms with Crippen LogP contribution in [0.25, 0.3) is 5.52 Å². The standard InChI is InChI=1S/C13H16BrN3/c1-15-9-13(6-4-7-13)12-16-11(14)10-5-2-3-8-17(10)12/h2-3,5,8,15H,4,6-7,9H2,1H3. The molecule has 0 bridgehead atoms. The van der Waals surface area contributed by atoms with Gasteiger partial charge in [0.25, 0.3) is 0 Å². The lowest BCUT2D eigenvalue weighted by Crippen LogP contribution is -2.44. The number of hydrogen-bond donors (Lipinski definition) is 1. The molecule has 1 saturated carbocycles. The molecule has 17 heavy (non-hydrogen) atoms. The van der Waals surface area contributed by atoms with Crippen LogP contribution >= 0.6 is 15.9 Å². The Morgan fingerprint density at radius 2 is 2.29 bits per heavy atom. The van der Waals surface area contributed by atoms with Gasteiger partial charge in [0.1, 0.15) is 10.4 Å². The minimum atomic E-state index is 0.227. The molecule has 2 heterocycles. The zero-order valence-electron chi connectivity index (χ0n) is 9.91. The molecule has 0 radical (unpaired) electrons. The van der Waals surface area contributed by atoms with E-state index in [2.05, 4.69) is 50.0 Å². The number of hydrogen-bond acceptors (Lipinski definition) is 2. The van der Waals surface area contributed by atoms with Crippen molar-refractivity contribution in [3.63, 3.8) is 0 Å². The van der Waals surface area contributed by atoms with E-state index in [0.717, 1.165) is 16.7 Å². The van der Waals surface area contributed by atoms with Gasteiger partial charge in [-0.15, -0.1) is 0 Å². The highest BCUT2D eigenvalue weighted by Crippen LogP contribution is 2.43. The van der Waals surface area contributed by atoms with Crippen molar-refractivity contribution in [2.45, 2.75) is 24.7 Å². The number of rotatable bonds is 3. The van der Waals surface area contributed by atoms with Crippen LogP contribution in [0.5, 0.6) is 0 Å². The van der Waals surface area contributed by atoms with E-state index in [0.29, 0.717) is 0 Å². The zero-order valence-corrected chi connectivity index (χ0v) is 11.5. The second kappa shape index (κ2) is 4.10. The third kappa shape index (κ3) is 1.62. The maximum atomic E-state index is 4.74. The normalized spacial score (nSPS) is 18.2. The number of aromatic nitrogens is 2. The lowest BCUT2D eigenvalue weighted by Gasteiger charge is -2.40. The molecular weight excluding hydrogens is 278 g/mol. The summed E-state index contributed by atoms with van der Waals surface area (Å²) in [4.78, 5) is 4.74. The Hall–Kier alpha value is -0.870. The van der Waals surface area contributed by atoms with E-state index in [-0.39, 0.29) is 5.41 Å². The second-order valence-electron chi connectivity index (χ2n) is 4.85. The number of halogens is 1. The molecule has 0 unspecified atom stereocenters. The third-order valence-corrected chi connectivity index (χ3v) is 4.39. The lowest BCUT2D eigenvalue weighted by molar-refractivity contribution is 0.223. The summed E-state index contributed by atoms with van der Waals surface area (Å²) in [6.07, 6.45) is 5.88. The minimum Gasteiger partial charge on any atom is -0.319 e. The topological polar surface area (TPSA) is 29.3 Å². The van der Waals surface area contributed by atoms with Crippen molar-refractivity contribution in [3.8, 4) is 0 Å². The van der Waals surface area contributed by atoms with Crippen LogP contribution in [0.2, 0.25) is 0 Å². The van der Waals surface area contributed by atoms with Crippen LogP contribution in [-0.2, 0) is 5.41 Å². The molecule has 2 aromatic heterocycles.